The topological polar surface area (TPSA) is 101 Å². The van der Waals surface area contributed by atoms with Crippen molar-refractivity contribution in [1.29, 1.82) is 0 Å². The highest BCUT2D eigenvalue weighted by molar-refractivity contribution is 7.89. The first kappa shape index (κ1) is 14.8. The van der Waals surface area contributed by atoms with E-state index in [0.717, 1.165) is 25.7 Å². The van der Waals surface area contributed by atoms with Gasteiger partial charge in [0.2, 0.25) is 10.0 Å². The highest BCUT2D eigenvalue weighted by Crippen LogP contribution is 2.29. The Labute approximate surface area is 118 Å². The Bertz CT molecular complexity index is 621. The zero-order chi connectivity index (χ0) is 14.9. The van der Waals surface area contributed by atoms with Crippen LogP contribution in [0.25, 0.3) is 0 Å². The Balaban J connectivity index is 2.46. The van der Waals surface area contributed by atoms with Gasteiger partial charge in [-0.2, -0.15) is 4.31 Å². The van der Waals surface area contributed by atoms with E-state index in [1.165, 1.54) is 29.6 Å². The number of benzene rings is 1. The third-order valence-electron chi connectivity index (χ3n) is 3.73. The Morgan fingerprint density at radius 2 is 1.95 bits per heavy atom. The Kier molecular flexibility index (Phi) is 4.01. The lowest BCUT2D eigenvalue weighted by molar-refractivity contribution is 0.0692. The van der Waals surface area contributed by atoms with Crippen LogP contribution in [-0.2, 0) is 10.0 Å². The van der Waals surface area contributed by atoms with E-state index >= 15 is 0 Å². The predicted molar refractivity (Wildman–Crippen MR) is 75.0 cm³/mol. The molecule has 1 aromatic carbocycles. The van der Waals surface area contributed by atoms with Crippen LogP contribution in [0.5, 0.6) is 0 Å². The molecular formula is C13H18N2O4S. The van der Waals surface area contributed by atoms with Gasteiger partial charge in [-0.05, 0) is 31.0 Å². The lowest BCUT2D eigenvalue weighted by Gasteiger charge is -2.24. The molecule has 0 saturated heterocycles. The fourth-order valence-electron chi connectivity index (χ4n) is 2.56. The number of nitrogens with zero attached hydrogens (tertiary/aromatic N) is 1. The molecule has 0 aliphatic heterocycles. The Hall–Kier alpha value is -1.60. The lowest BCUT2D eigenvalue weighted by Crippen LogP contribution is -2.36. The van der Waals surface area contributed by atoms with Gasteiger partial charge in [-0.15, -0.1) is 0 Å². The molecule has 3 N–H and O–H groups in total. The molecule has 6 nitrogen and oxygen atoms in total. The second-order valence-corrected chi connectivity index (χ2v) is 6.99. The number of hydrogen-bond acceptors (Lipinski definition) is 4. The van der Waals surface area contributed by atoms with E-state index < -0.39 is 16.0 Å². The number of carbonyl (C=O) groups is 1. The van der Waals surface area contributed by atoms with E-state index in [0.29, 0.717) is 0 Å². The third-order valence-corrected chi connectivity index (χ3v) is 5.70. The smallest absolute Gasteiger partial charge is 0.337 e. The molecule has 20 heavy (non-hydrogen) atoms. The van der Waals surface area contributed by atoms with E-state index in [2.05, 4.69) is 0 Å². The van der Waals surface area contributed by atoms with Gasteiger partial charge in [0.15, 0.2) is 0 Å². The standard InChI is InChI=1S/C13H18N2O4S/c1-15(10-4-2-3-5-10)20(18,19)12-7-6-9(14)8-11(12)13(16)17/h6-8,10H,2-5,14H2,1H3,(H,16,17). The summed E-state index contributed by atoms with van der Waals surface area (Å²) in [4.78, 5) is 11.0. The van der Waals surface area contributed by atoms with Crippen molar-refractivity contribution in [3.63, 3.8) is 0 Å². The molecule has 0 unspecified atom stereocenters. The number of nitrogens with two attached hydrogens (primary N) is 1. The fraction of sp³-hybridized carbons (Fsp3) is 0.462. The van der Waals surface area contributed by atoms with Crippen molar-refractivity contribution in [3.8, 4) is 0 Å². The van der Waals surface area contributed by atoms with E-state index in [1.807, 2.05) is 0 Å². The van der Waals surface area contributed by atoms with Gasteiger partial charge in [0.05, 0.1) is 10.5 Å². The number of carboxylic acid groups (broad SMARTS) is 1. The van der Waals surface area contributed by atoms with Gasteiger partial charge in [0, 0.05) is 18.8 Å². The largest absolute Gasteiger partial charge is 0.478 e. The summed E-state index contributed by atoms with van der Waals surface area (Å²) in [6.45, 7) is 0. The molecule has 1 aliphatic rings. The van der Waals surface area contributed by atoms with Crippen LogP contribution in [0.4, 0.5) is 5.69 Å². The van der Waals surface area contributed by atoms with Crippen LogP contribution in [0.15, 0.2) is 23.1 Å². The first-order chi connectivity index (χ1) is 9.34. The second kappa shape index (κ2) is 5.41. The van der Waals surface area contributed by atoms with Crippen molar-refractivity contribution in [1.82, 2.24) is 4.31 Å². The number of sulfonamides is 1. The molecule has 1 aromatic rings. The minimum atomic E-state index is -3.82. The van der Waals surface area contributed by atoms with Gasteiger partial charge in [0.25, 0.3) is 0 Å². The van der Waals surface area contributed by atoms with Gasteiger partial charge in [-0.1, -0.05) is 12.8 Å². The first-order valence-corrected chi connectivity index (χ1v) is 7.89. The van der Waals surface area contributed by atoms with Crippen molar-refractivity contribution in [3.05, 3.63) is 23.8 Å². The Morgan fingerprint density at radius 3 is 2.50 bits per heavy atom. The van der Waals surface area contributed by atoms with Crippen molar-refractivity contribution in [2.75, 3.05) is 12.8 Å². The molecule has 110 valence electrons. The van der Waals surface area contributed by atoms with E-state index in [-0.39, 0.29) is 22.2 Å². The minimum absolute atomic E-state index is 0.0563. The van der Waals surface area contributed by atoms with Crippen LogP contribution in [0, 0.1) is 0 Å². The summed E-state index contributed by atoms with van der Waals surface area (Å²) in [5.41, 5.74) is 5.48. The molecule has 0 aromatic heterocycles. The van der Waals surface area contributed by atoms with Crippen LogP contribution < -0.4 is 5.73 Å². The van der Waals surface area contributed by atoms with Crippen molar-refractivity contribution in [2.24, 2.45) is 0 Å². The first-order valence-electron chi connectivity index (χ1n) is 6.45. The molecule has 2 rings (SSSR count). The summed E-state index contributed by atoms with van der Waals surface area (Å²) < 4.78 is 26.4. The molecule has 0 spiro atoms. The molecule has 1 saturated carbocycles. The maximum Gasteiger partial charge on any atom is 0.337 e. The molecule has 0 radical (unpaired) electrons. The number of rotatable bonds is 4. The van der Waals surface area contributed by atoms with Crippen molar-refractivity contribution >= 4 is 21.7 Å². The maximum atomic E-state index is 12.6. The molecule has 7 heteroatoms. The number of nitrogen functional groups attached to an aromatic ring is 1. The van der Waals surface area contributed by atoms with Gasteiger partial charge in [-0.3, -0.25) is 0 Å². The SMILES string of the molecule is CN(C1CCCC1)S(=O)(=O)c1ccc(N)cc1C(=O)O. The van der Waals surface area contributed by atoms with Gasteiger partial charge in [0.1, 0.15) is 0 Å². The summed E-state index contributed by atoms with van der Waals surface area (Å²) >= 11 is 0. The van der Waals surface area contributed by atoms with E-state index in [4.69, 9.17) is 10.8 Å². The minimum Gasteiger partial charge on any atom is -0.478 e. The lowest BCUT2D eigenvalue weighted by atomic mass is 10.2. The maximum absolute atomic E-state index is 12.6. The highest BCUT2D eigenvalue weighted by atomic mass is 32.2. The monoisotopic (exact) mass is 298 g/mol. The number of carboxylic acids is 1. The van der Waals surface area contributed by atoms with E-state index in [1.54, 1.807) is 0 Å². The van der Waals surface area contributed by atoms with Gasteiger partial charge in [-0.25, -0.2) is 13.2 Å². The predicted octanol–water partition coefficient (Wildman–Crippen LogP) is 1.53. The molecule has 1 aliphatic carbocycles. The zero-order valence-electron chi connectivity index (χ0n) is 11.2. The van der Waals surface area contributed by atoms with Crippen LogP contribution in [0.3, 0.4) is 0 Å². The average molecular weight is 298 g/mol. The quantitative estimate of drug-likeness (QED) is 0.821. The summed E-state index contributed by atoms with van der Waals surface area (Å²) in [6, 6.07) is 3.79. The molecule has 1 fully saturated rings. The van der Waals surface area contributed by atoms with Crippen molar-refractivity contribution < 1.29 is 18.3 Å². The van der Waals surface area contributed by atoms with Gasteiger partial charge < -0.3 is 10.8 Å². The third kappa shape index (κ3) is 2.64. The Morgan fingerprint density at radius 1 is 1.35 bits per heavy atom. The molecule has 0 heterocycles. The highest BCUT2D eigenvalue weighted by Gasteiger charge is 2.32. The molecular weight excluding hydrogens is 280 g/mol. The number of aromatic carboxylic acids is 1. The van der Waals surface area contributed by atoms with Gasteiger partial charge >= 0.3 is 5.97 Å². The average Bonchev–Trinajstić information content (AvgIpc) is 2.91. The zero-order valence-corrected chi connectivity index (χ0v) is 12.1. The number of anilines is 1. The van der Waals surface area contributed by atoms with Crippen LogP contribution >= 0.6 is 0 Å². The van der Waals surface area contributed by atoms with Crippen LogP contribution in [-0.4, -0.2) is 36.9 Å². The van der Waals surface area contributed by atoms with E-state index in [9.17, 15) is 13.2 Å². The number of hydrogen-bond donors (Lipinski definition) is 2. The molecule has 0 atom stereocenters. The van der Waals surface area contributed by atoms with Crippen LogP contribution in [0.1, 0.15) is 36.0 Å². The normalized spacial score (nSPS) is 16.7. The summed E-state index contributed by atoms with van der Waals surface area (Å²) in [6.07, 6.45) is 3.62. The fourth-order valence-corrected chi connectivity index (χ4v) is 4.14. The van der Waals surface area contributed by atoms with Crippen molar-refractivity contribution in [2.45, 2.75) is 36.6 Å². The molecule has 0 bridgehead atoms. The molecule has 0 amide bonds. The summed E-state index contributed by atoms with van der Waals surface area (Å²) in [5, 5.41) is 9.16. The summed E-state index contributed by atoms with van der Waals surface area (Å²) in [7, 11) is -2.31. The second-order valence-electron chi connectivity index (χ2n) is 5.02. The summed E-state index contributed by atoms with van der Waals surface area (Å²) in [5.74, 6) is -1.30. The van der Waals surface area contributed by atoms with Crippen LogP contribution in [0.2, 0.25) is 0 Å².